The van der Waals surface area contributed by atoms with Crippen molar-refractivity contribution < 1.29 is 22.7 Å². The Bertz CT molecular complexity index is 381. The number of nitrogens with zero attached hydrogens (tertiary/aromatic N) is 1. The predicted octanol–water partition coefficient (Wildman–Crippen LogP) is -0.712. The molecule has 1 atom stereocenters. The van der Waals surface area contributed by atoms with Crippen LogP contribution in [-0.2, 0) is 19.7 Å². The van der Waals surface area contributed by atoms with E-state index >= 15 is 0 Å². The Labute approximate surface area is 113 Å². The second-order valence-corrected chi connectivity index (χ2v) is 5.91. The van der Waals surface area contributed by atoms with Gasteiger partial charge >= 0.3 is 16.3 Å². The Morgan fingerprint density at radius 2 is 2.21 bits per heavy atom. The number of rotatable bonds is 7. The van der Waals surface area contributed by atoms with E-state index in [4.69, 9.17) is 4.74 Å². The first-order valence-electron chi connectivity index (χ1n) is 6.07. The van der Waals surface area contributed by atoms with E-state index in [9.17, 15) is 13.2 Å². The monoisotopic (exact) mass is 295 g/mol. The lowest BCUT2D eigenvalue weighted by Crippen LogP contribution is -2.49. The summed E-state index contributed by atoms with van der Waals surface area (Å²) in [6.07, 6.45) is 0.937. The SMILES string of the molecule is COCCN(CC1CCCN1)S(=O)(=O)NC(=O)OC. The Kier molecular flexibility index (Phi) is 6.49. The fraction of sp³-hybridized carbons (Fsp3) is 0.900. The molecule has 1 amide bonds. The smallest absolute Gasteiger partial charge is 0.421 e. The van der Waals surface area contributed by atoms with E-state index in [2.05, 4.69) is 10.1 Å². The highest BCUT2D eigenvalue weighted by Gasteiger charge is 2.28. The van der Waals surface area contributed by atoms with Crippen LogP contribution in [-0.4, -0.2) is 65.3 Å². The predicted molar refractivity (Wildman–Crippen MR) is 68.9 cm³/mol. The van der Waals surface area contributed by atoms with Crippen LogP contribution in [0, 0.1) is 0 Å². The maximum atomic E-state index is 12.0. The Morgan fingerprint density at radius 1 is 1.47 bits per heavy atom. The molecule has 1 fully saturated rings. The van der Waals surface area contributed by atoms with Crippen molar-refractivity contribution in [3.8, 4) is 0 Å². The van der Waals surface area contributed by atoms with Crippen LogP contribution < -0.4 is 10.0 Å². The summed E-state index contributed by atoms with van der Waals surface area (Å²) in [5, 5.41) is 3.21. The molecule has 1 heterocycles. The van der Waals surface area contributed by atoms with Gasteiger partial charge in [0.25, 0.3) is 0 Å². The summed E-state index contributed by atoms with van der Waals surface area (Å²) < 4.78 is 36.3. The van der Waals surface area contributed by atoms with Gasteiger partial charge in [0, 0.05) is 26.2 Å². The van der Waals surface area contributed by atoms with Crippen molar-refractivity contribution in [3.05, 3.63) is 0 Å². The first-order valence-corrected chi connectivity index (χ1v) is 7.51. The fourth-order valence-corrected chi connectivity index (χ4v) is 2.99. The van der Waals surface area contributed by atoms with Crippen molar-refractivity contribution in [2.45, 2.75) is 18.9 Å². The minimum atomic E-state index is -3.90. The van der Waals surface area contributed by atoms with Crippen LogP contribution in [0.25, 0.3) is 0 Å². The molecule has 0 saturated carbocycles. The first kappa shape index (κ1) is 16.2. The van der Waals surface area contributed by atoms with Gasteiger partial charge in [0.1, 0.15) is 0 Å². The number of methoxy groups -OCH3 is 2. The highest BCUT2D eigenvalue weighted by Crippen LogP contribution is 2.09. The van der Waals surface area contributed by atoms with Crippen molar-refractivity contribution in [1.82, 2.24) is 14.3 Å². The standard InChI is InChI=1S/C10H21N3O5S/c1-17-7-6-13(8-9-4-3-5-11-9)19(15,16)12-10(14)18-2/h9,11H,3-8H2,1-2H3,(H,12,14). The van der Waals surface area contributed by atoms with Crippen LogP contribution >= 0.6 is 0 Å². The average Bonchev–Trinajstić information content (AvgIpc) is 2.86. The van der Waals surface area contributed by atoms with E-state index in [1.807, 2.05) is 4.72 Å². The van der Waals surface area contributed by atoms with Crippen LogP contribution in [0.1, 0.15) is 12.8 Å². The molecule has 112 valence electrons. The molecule has 0 aromatic rings. The van der Waals surface area contributed by atoms with Crippen LogP contribution in [0.5, 0.6) is 0 Å². The van der Waals surface area contributed by atoms with Gasteiger partial charge in [-0.05, 0) is 19.4 Å². The van der Waals surface area contributed by atoms with Crippen molar-refractivity contribution in [3.63, 3.8) is 0 Å². The normalized spacial score (nSPS) is 19.6. The molecular formula is C10H21N3O5S. The van der Waals surface area contributed by atoms with Gasteiger partial charge < -0.3 is 14.8 Å². The largest absolute Gasteiger partial charge is 0.452 e. The minimum absolute atomic E-state index is 0.103. The maximum Gasteiger partial charge on any atom is 0.421 e. The van der Waals surface area contributed by atoms with Gasteiger partial charge in [-0.1, -0.05) is 0 Å². The van der Waals surface area contributed by atoms with E-state index in [-0.39, 0.29) is 19.2 Å². The maximum absolute atomic E-state index is 12.0. The highest BCUT2D eigenvalue weighted by molar-refractivity contribution is 7.87. The number of nitrogens with one attached hydrogen (secondary N) is 2. The average molecular weight is 295 g/mol. The lowest BCUT2D eigenvalue weighted by Gasteiger charge is -2.24. The molecule has 1 aliphatic heterocycles. The number of hydrogen-bond acceptors (Lipinski definition) is 6. The molecule has 0 radical (unpaired) electrons. The van der Waals surface area contributed by atoms with Gasteiger partial charge in [0.15, 0.2) is 0 Å². The molecule has 0 aromatic carbocycles. The van der Waals surface area contributed by atoms with E-state index in [1.165, 1.54) is 11.4 Å². The number of ether oxygens (including phenoxy) is 2. The van der Waals surface area contributed by atoms with Crippen molar-refractivity contribution in [2.24, 2.45) is 0 Å². The third-order valence-corrected chi connectivity index (χ3v) is 4.30. The molecule has 1 aliphatic rings. The molecule has 0 spiro atoms. The zero-order valence-corrected chi connectivity index (χ0v) is 12.0. The molecule has 0 aliphatic carbocycles. The molecule has 2 N–H and O–H groups in total. The number of carbonyl (C=O) groups excluding carboxylic acids is 1. The Balaban J connectivity index is 2.67. The van der Waals surface area contributed by atoms with Gasteiger partial charge in [0.05, 0.1) is 13.7 Å². The fourth-order valence-electron chi connectivity index (χ4n) is 1.87. The van der Waals surface area contributed by atoms with Crippen molar-refractivity contribution >= 4 is 16.3 Å². The molecular weight excluding hydrogens is 274 g/mol. The zero-order chi connectivity index (χ0) is 14.3. The van der Waals surface area contributed by atoms with Crippen molar-refractivity contribution in [2.75, 3.05) is 40.5 Å². The number of carbonyl (C=O) groups is 1. The number of hydrogen-bond donors (Lipinski definition) is 2. The first-order chi connectivity index (χ1) is 8.99. The lowest BCUT2D eigenvalue weighted by atomic mass is 10.2. The minimum Gasteiger partial charge on any atom is -0.452 e. The summed E-state index contributed by atoms with van der Waals surface area (Å²) in [7, 11) is -1.30. The Hall–Kier alpha value is -0.900. The lowest BCUT2D eigenvalue weighted by molar-refractivity contribution is 0.170. The zero-order valence-electron chi connectivity index (χ0n) is 11.2. The molecule has 9 heteroatoms. The van der Waals surface area contributed by atoms with Crippen LogP contribution in [0.15, 0.2) is 0 Å². The molecule has 1 rings (SSSR count). The number of amides is 1. The van der Waals surface area contributed by atoms with Gasteiger partial charge in [-0.25, -0.2) is 9.52 Å². The molecule has 1 unspecified atom stereocenters. The van der Waals surface area contributed by atoms with Gasteiger partial charge in [-0.3, -0.25) is 0 Å². The molecule has 8 nitrogen and oxygen atoms in total. The summed E-state index contributed by atoms with van der Waals surface area (Å²) in [5.41, 5.74) is 0. The second kappa shape index (κ2) is 7.63. The van der Waals surface area contributed by atoms with E-state index in [1.54, 1.807) is 0 Å². The third-order valence-electron chi connectivity index (χ3n) is 2.87. The van der Waals surface area contributed by atoms with E-state index < -0.39 is 16.3 Å². The summed E-state index contributed by atoms with van der Waals surface area (Å²) in [6, 6.07) is 0.103. The van der Waals surface area contributed by atoms with Crippen LogP contribution in [0.3, 0.4) is 0 Å². The second-order valence-electron chi connectivity index (χ2n) is 4.24. The quantitative estimate of drug-likeness (QED) is 0.644. The summed E-state index contributed by atoms with van der Waals surface area (Å²) in [4.78, 5) is 11.1. The molecule has 19 heavy (non-hydrogen) atoms. The molecule has 0 aromatic heterocycles. The Morgan fingerprint density at radius 3 is 2.74 bits per heavy atom. The van der Waals surface area contributed by atoms with Gasteiger partial charge in [0.2, 0.25) is 0 Å². The van der Waals surface area contributed by atoms with Crippen LogP contribution in [0.2, 0.25) is 0 Å². The van der Waals surface area contributed by atoms with Crippen molar-refractivity contribution in [1.29, 1.82) is 0 Å². The summed E-state index contributed by atoms with van der Waals surface area (Å²) >= 11 is 0. The third kappa shape index (κ3) is 5.31. The molecule has 1 saturated heterocycles. The topological polar surface area (TPSA) is 97.0 Å². The van der Waals surface area contributed by atoms with Crippen LogP contribution in [0.4, 0.5) is 4.79 Å². The van der Waals surface area contributed by atoms with Gasteiger partial charge in [-0.2, -0.15) is 12.7 Å². The molecule has 0 bridgehead atoms. The summed E-state index contributed by atoms with van der Waals surface area (Å²) in [6.45, 7) is 1.62. The van der Waals surface area contributed by atoms with Gasteiger partial charge in [-0.15, -0.1) is 0 Å². The van der Waals surface area contributed by atoms with E-state index in [0.29, 0.717) is 6.54 Å². The van der Waals surface area contributed by atoms with E-state index in [0.717, 1.165) is 26.5 Å². The summed E-state index contributed by atoms with van der Waals surface area (Å²) in [5.74, 6) is 0. The highest BCUT2D eigenvalue weighted by atomic mass is 32.2.